The molecule has 0 saturated carbocycles. The molecule has 3 aromatic rings. The molecule has 0 aliphatic carbocycles. The fourth-order valence-corrected chi connectivity index (χ4v) is 3.43. The Morgan fingerprint density at radius 1 is 0.935 bits per heavy atom. The van der Waals surface area contributed by atoms with Crippen molar-refractivity contribution in [3.05, 3.63) is 88.9 Å². The first kappa shape index (κ1) is 22.5. The largest absolute Gasteiger partial charge is 0.481 e. The number of amides is 1. The van der Waals surface area contributed by atoms with Crippen LogP contribution in [-0.2, 0) is 11.3 Å². The topological polar surface area (TPSA) is 98.7 Å². The maximum atomic E-state index is 12.8. The second-order valence-corrected chi connectivity index (χ2v) is 7.44. The molecule has 0 aliphatic rings. The Morgan fingerprint density at radius 2 is 1.65 bits per heavy atom. The summed E-state index contributed by atoms with van der Waals surface area (Å²) in [7, 11) is 0. The van der Waals surface area contributed by atoms with Gasteiger partial charge in [0.1, 0.15) is 0 Å². The van der Waals surface area contributed by atoms with E-state index in [0.717, 1.165) is 16.7 Å². The summed E-state index contributed by atoms with van der Waals surface area (Å²) < 4.78 is 0. The Balaban J connectivity index is 1.61. The lowest BCUT2D eigenvalue weighted by molar-refractivity contribution is -0.139. The zero-order valence-electron chi connectivity index (χ0n) is 16.7. The second kappa shape index (κ2) is 10.7. The molecular formula is C24H23ClN2O4. The molecule has 0 aliphatic heterocycles. The van der Waals surface area contributed by atoms with E-state index in [-0.39, 0.29) is 18.9 Å². The predicted octanol–water partition coefficient (Wildman–Crippen LogP) is 4.18. The van der Waals surface area contributed by atoms with E-state index in [1.165, 1.54) is 0 Å². The van der Waals surface area contributed by atoms with Gasteiger partial charge >= 0.3 is 5.97 Å². The third-order valence-electron chi connectivity index (χ3n) is 4.66. The van der Waals surface area contributed by atoms with E-state index in [9.17, 15) is 14.7 Å². The molecule has 3 aromatic carbocycles. The molecule has 3 rings (SSSR count). The Morgan fingerprint density at radius 3 is 2.32 bits per heavy atom. The number of carboxylic acid groups (broad SMARTS) is 1. The molecule has 0 aromatic heterocycles. The lowest BCUT2D eigenvalue weighted by Crippen LogP contribution is -2.28. The van der Waals surface area contributed by atoms with Gasteiger partial charge in [-0.1, -0.05) is 66.2 Å². The molecule has 6 nitrogen and oxygen atoms in total. The molecular weight excluding hydrogens is 416 g/mol. The van der Waals surface area contributed by atoms with Gasteiger partial charge in [0.05, 0.1) is 23.1 Å². The van der Waals surface area contributed by atoms with E-state index in [2.05, 4.69) is 10.6 Å². The zero-order valence-corrected chi connectivity index (χ0v) is 17.5. The van der Waals surface area contributed by atoms with Crippen molar-refractivity contribution in [3.8, 4) is 11.1 Å². The molecule has 160 valence electrons. The number of benzene rings is 3. The summed E-state index contributed by atoms with van der Waals surface area (Å²) in [5, 5.41) is 24.5. The standard InChI is InChI=1S/C24H23ClN2O4/c25-23-20(17-5-2-1-3-6-17)7-4-8-21(23)24(31)27-18-11-9-16(10-12-18)14-26-15-19(28)13-22(29)30/h1-12,19,26,28H,13-15H2,(H,27,31)(H,29,30). The number of aliphatic hydroxyl groups excluding tert-OH is 1. The molecule has 0 saturated heterocycles. The average Bonchev–Trinajstić information content (AvgIpc) is 2.75. The number of aliphatic carboxylic acids is 1. The van der Waals surface area contributed by atoms with Crippen molar-refractivity contribution in [2.75, 3.05) is 11.9 Å². The molecule has 1 atom stereocenters. The highest BCUT2D eigenvalue weighted by molar-refractivity contribution is 6.37. The van der Waals surface area contributed by atoms with E-state index < -0.39 is 12.1 Å². The Kier molecular flexibility index (Phi) is 7.78. The number of anilines is 1. The monoisotopic (exact) mass is 438 g/mol. The maximum absolute atomic E-state index is 12.8. The number of aliphatic hydroxyl groups is 1. The summed E-state index contributed by atoms with van der Waals surface area (Å²) in [5.41, 5.74) is 3.68. The maximum Gasteiger partial charge on any atom is 0.306 e. The molecule has 1 amide bonds. The van der Waals surface area contributed by atoms with Crippen LogP contribution < -0.4 is 10.6 Å². The third-order valence-corrected chi connectivity index (χ3v) is 5.07. The van der Waals surface area contributed by atoms with Crippen LogP contribution in [0.4, 0.5) is 5.69 Å². The minimum absolute atomic E-state index is 0.182. The van der Waals surface area contributed by atoms with E-state index in [1.54, 1.807) is 24.3 Å². The highest BCUT2D eigenvalue weighted by Gasteiger charge is 2.14. The molecule has 1 unspecified atom stereocenters. The van der Waals surface area contributed by atoms with Gasteiger partial charge in [-0.3, -0.25) is 9.59 Å². The number of carboxylic acids is 1. The van der Waals surface area contributed by atoms with Crippen LogP contribution >= 0.6 is 11.6 Å². The van der Waals surface area contributed by atoms with Crippen molar-refractivity contribution in [3.63, 3.8) is 0 Å². The van der Waals surface area contributed by atoms with Crippen LogP contribution in [0.15, 0.2) is 72.8 Å². The van der Waals surface area contributed by atoms with Crippen LogP contribution in [0.25, 0.3) is 11.1 Å². The molecule has 0 fully saturated rings. The summed E-state index contributed by atoms with van der Waals surface area (Å²) in [6.45, 7) is 0.650. The number of rotatable bonds is 9. The number of hydrogen-bond donors (Lipinski definition) is 4. The van der Waals surface area contributed by atoms with Crippen molar-refractivity contribution in [2.24, 2.45) is 0 Å². The van der Waals surface area contributed by atoms with Crippen molar-refractivity contribution in [2.45, 2.75) is 19.1 Å². The van der Waals surface area contributed by atoms with Crippen LogP contribution in [0, 0.1) is 0 Å². The minimum Gasteiger partial charge on any atom is -0.481 e. The summed E-state index contributed by atoms with van der Waals surface area (Å²) in [5.74, 6) is -1.34. The third kappa shape index (κ3) is 6.39. The summed E-state index contributed by atoms with van der Waals surface area (Å²) >= 11 is 6.52. The Labute approximate surface area is 185 Å². The van der Waals surface area contributed by atoms with Gasteiger partial charge in [-0.25, -0.2) is 0 Å². The highest BCUT2D eigenvalue weighted by atomic mass is 35.5. The predicted molar refractivity (Wildman–Crippen MR) is 121 cm³/mol. The van der Waals surface area contributed by atoms with Gasteiger partial charge < -0.3 is 20.8 Å². The highest BCUT2D eigenvalue weighted by Crippen LogP contribution is 2.31. The number of carbonyl (C=O) groups is 2. The first-order valence-corrected chi connectivity index (χ1v) is 10.2. The quantitative estimate of drug-likeness (QED) is 0.401. The molecule has 4 N–H and O–H groups in total. The van der Waals surface area contributed by atoms with E-state index in [4.69, 9.17) is 16.7 Å². The van der Waals surface area contributed by atoms with Gasteiger partial charge in [0, 0.05) is 24.3 Å². The van der Waals surface area contributed by atoms with Gasteiger partial charge in [0.15, 0.2) is 0 Å². The SMILES string of the molecule is O=C(O)CC(O)CNCc1ccc(NC(=O)c2cccc(-c3ccccc3)c2Cl)cc1. The zero-order chi connectivity index (χ0) is 22.2. The normalized spacial score (nSPS) is 11.7. The number of hydrogen-bond acceptors (Lipinski definition) is 4. The Bertz CT molecular complexity index is 1040. The molecule has 0 heterocycles. The summed E-state index contributed by atoms with van der Waals surface area (Å²) in [6.07, 6.45) is -1.24. The fraction of sp³-hybridized carbons (Fsp3) is 0.167. The van der Waals surface area contributed by atoms with E-state index >= 15 is 0 Å². The van der Waals surface area contributed by atoms with Gasteiger partial charge in [-0.15, -0.1) is 0 Å². The van der Waals surface area contributed by atoms with Crippen LogP contribution in [0.5, 0.6) is 0 Å². The second-order valence-electron chi connectivity index (χ2n) is 7.07. The van der Waals surface area contributed by atoms with Gasteiger partial charge in [-0.2, -0.15) is 0 Å². The van der Waals surface area contributed by atoms with Crippen molar-refractivity contribution in [1.82, 2.24) is 5.32 Å². The molecule has 0 radical (unpaired) electrons. The molecule has 7 heteroatoms. The number of halogens is 1. The lowest BCUT2D eigenvalue weighted by Gasteiger charge is -2.12. The number of nitrogens with one attached hydrogen (secondary N) is 2. The van der Waals surface area contributed by atoms with Crippen LogP contribution in [-0.4, -0.2) is 34.7 Å². The van der Waals surface area contributed by atoms with E-state index in [0.29, 0.717) is 22.8 Å². The lowest BCUT2D eigenvalue weighted by atomic mass is 10.0. The minimum atomic E-state index is -1.04. The Hall–Kier alpha value is -3.19. The summed E-state index contributed by atoms with van der Waals surface area (Å²) in [4.78, 5) is 23.3. The van der Waals surface area contributed by atoms with Gasteiger partial charge in [0.2, 0.25) is 0 Å². The van der Waals surface area contributed by atoms with Gasteiger partial charge in [-0.05, 0) is 29.3 Å². The van der Waals surface area contributed by atoms with Gasteiger partial charge in [0.25, 0.3) is 5.91 Å². The molecule has 0 bridgehead atoms. The van der Waals surface area contributed by atoms with E-state index in [1.807, 2.05) is 48.5 Å². The molecule has 31 heavy (non-hydrogen) atoms. The van der Waals surface area contributed by atoms with Crippen LogP contribution in [0.3, 0.4) is 0 Å². The average molecular weight is 439 g/mol. The van der Waals surface area contributed by atoms with Crippen molar-refractivity contribution < 1.29 is 19.8 Å². The van der Waals surface area contributed by atoms with Crippen LogP contribution in [0.1, 0.15) is 22.3 Å². The summed E-state index contributed by atoms with van der Waals surface area (Å²) in [6, 6.07) is 22.2. The van der Waals surface area contributed by atoms with Crippen molar-refractivity contribution in [1.29, 1.82) is 0 Å². The molecule has 0 spiro atoms. The van der Waals surface area contributed by atoms with Crippen molar-refractivity contribution >= 4 is 29.2 Å². The first-order valence-electron chi connectivity index (χ1n) is 9.79. The number of carbonyl (C=O) groups excluding carboxylic acids is 1. The van der Waals surface area contributed by atoms with Crippen LogP contribution in [0.2, 0.25) is 5.02 Å². The smallest absolute Gasteiger partial charge is 0.306 e. The fourth-order valence-electron chi connectivity index (χ4n) is 3.11. The first-order chi connectivity index (χ1) is 14.9.